The molecule has 0 aliphatic heterocycles. The highest BCUT2D eigenvalue weighted by Gasteiger charge is 2.18. The van der Waals surface area contributed by atoms with Crippen molar-refractivity contribution in [2.45, 2.75) is 20.4 Å². The Morgan fingerprint density at radius 3 is 2.22 bits per heavy atom. The Morgan fingerprint density at radius 2 is 1.78 bits per heavy atom. The van der Waals surface area contributed by atoms with Crippen molar-refractivity contribution in [3.63, 3.8) is 0 Å². The molecule has 0 atom stereocenters. The van der Waals surface area contributed by atoms with Crippen molar-refractivity contribution in [3.8, 4) is 0 Å². The molecule has 1 aromatic carbocycles. The summed E-state index contributed by atoms with van der Waals surface area (Å²) in [6.07, 6.45) is 0. The molecule has 0 fully saturated rings. The minimum Gasteiger partial charge on any atom is -0.399 e. The van der Waals surface area contributed by atoms with E-state index >= 15 is 0 Å². The molecule has 0 unspecified atom stereocenters. The van der Waals surface area contributed by atoms with Crippen LogP contribution in [0.4, 0.5) is 5.69 Å². The van der Waals surface area contributed by atoms with E-state index in [9.17, 15) is 9.59 Å². The quantitative estimate of drug-likeness (QED) is 0.754. The van der Waals surface area contributed by atoms with Gasteiger partial charge >= 0.3 is 0 Å². The van der Waals surface area contributed by atoms with Gasteiger partial charge in [0.2, 0.25) is 11.8 Å². The Bertz CT molecular complexity index is 426. The van der Waals surface area contributed by atoms with E-state index < -0.39 is 5.91 Å². The van der Waals surface area contributed by atoms with Gasteiger partial charge in [-0.05, 0) is 17.7 Å². The number of nitrogens with zero attached hydrogens (tertiary/aromatic N) is 1. The summed E-state index contributed by atoms with van der Waals surface area (Å²) in [6, 6.07) is 7.18. The van der Waals surface area contributed by atoms with Gasteiger partial charge in [0.1, 0.15) is 0 Å². The largest absolute Gasteiger partial charge is 0.399 e. The third kappa shape index (κ3) is 4.08. The van der Waals surface area contributed by atoms with Crippen LogP contribution in [0, 0.1) is 5.92 Å². The molecule has 0 heterocycles. The Labute approximate surface area is 107 Å². The lowest BCUT2D eigenvalue weighted by atomic mass is 10.1. The number of nitrogens with two attached hydrogens (primary N) is 2. The summed E-state index contributed by atoms with van der Waals surface area (Å²) in [5.74, 6) is -0.775. The number of carbonyl (C=O) groups excluding carboxylic acids is 2. The highest BCUT2D eigenvalue weighted by Crippen LogP contribution is 2.11. The maximum Gasteiger partial charge on any atom is 0.237 e. The first-order valence-corrected chi connectivity index (χ1v) is 5.81. The smallest absolute Gasteiger partial charge is 0.237 e. The lowest BCUT2D eigenvalue weighted by Crippen LogP contribution is -2.40. The van der Waals surface area contributed by atoms with Crippen molar-refractivity contribution in [2.75, 3.05) is 12.3 Å². The van der Waals surface area contributed by atoms with E-state index in [-0.39, 0.29) is 18.4 Å². The number of carbonyl (C=O) groups is 2. The second-order valence-corrected chi connectivity index (χ2v) is 4.56. The van der Waals surface area contributed by atoms with Crippen molar-refractivity contribution in [1.29, 1.82) is 0 Å². The lowest BCUT2D eigenvalue weighted by molar-refractivity contribution is -0.138. The van der Waals surface area contributed by atoms with Crippen molar-refractivity contribution in [2.24, 2.45) is 11.7 Å². The molecule has 0 radical (unpaired) electrons. The molecule has 5 heteroatoms. The average Bonchev–Trinajstić information content (AvgIpc) is 2.29. The zero-order valence-corrected chi connectivity index (χ0v) is 10.7. The van der Waals surface area contributed by atoms with Crippen molar-refractivity contribution in [3.05, 3.63) is 29.8 Å². The van der Waals surface area contributed by atoms with Crippen molar-refractivity contribution in [1.82, 2.24) is 4.90 Å². The number of nitrogen functional groups attached to an aromatic ring is 1. The highest BCUT2D eigenvalue weighted by molar-refractivity contribution is 5.84. The summed E-state index contributed by atoms with van der Waals surface area (Å²) < 4.78 is 0. The molecule has 98 valence electrons. The van der Waals surface area contributed by atoms with Gasteiger partial charge in [0.15, 0.2) is 0 Å². The van der Waals surface area contributed by atoms with E-state index in [4.69, 9.17) is 11.5 Å². The third-order valence-corrected chi connectivity index (χ3v) is 2.51. The number of primary amides is 1. The summed E-state index contributed by atoms with van der Waals surface area (Å²) in [6.45, 7) is 3.88. The number of amides is 2. The van der Waals surface area contributed by atoms with E-state index in [0.717, 1.165) is 5.56 Å². The van der Waals surface area contributed by atoms with Crippen LogP contribution in [-0.4, -0.2) is 23.3 Å². The Hall–Kier alpha value is -2.04. The standard InChI is InChI=1S/C13H19N3O2/c1-9(2)13(18)16(8-12(15)17)7-10-3-5-11(14)6-4-10/h3-6,9H,7-8,14H2,1-2H3,(H2,15,17). The van der Waals surface area contributed by atoms with Gasteiger partial charge in [-0.1, -0.05) is 26.0 Å². The topological polar surface area (TPSA) is 89.4 Å². The van der Waals surface area contributed by atoms with Gasteiger partial charge in [-0.15, -0.1) is 0 Å². The second-order valence-electron chi connectivity index (χ2n) is 4.56. The Morgan fingerprint density at radius 1 is 1.22 bits per heavy atom. The zero-order valence-electron chi connectivity index (χ0n) is 10.7. The van der Waals surface area contributed by atoms with E-state index in [2.05, 4.69) is 0 Å². The van der Waals surface area contributed by atoms with Crippen molar-refractivity contribution < 1.29 is 9.59 Å². The average molecular weight is 249 g/mol. The van der Waals surface area contributed by atoms with Crippen LogP contribution < -0.4 is 11.5 Å². The molecular weight excluding hydrogens is 230 g/mol. The second kappa shape index (κ2) is 6.05. The van der Waals surface area contributed by atoms with Crippen LogP contribution >= 0.6 is 0 Å². The molecule has 1 aromatic rings. The predicted molar refractivity (Wildman–Crippen MR) is 70.3 cm³/mol. The summed E-state index contributed by atoms with van der Waals surface area (Å²) in [4.78, 5) is 24.4. The van der Waals surface area contributed by atoms with E-state index in [1.54, 1.807) is 26.0 Å². The van der Waals surface area contributed by atoms with Crippen LogP contribution in [0.3, 0.4) is 0 Å². The molecule has 0 aromatic heterocycles. The maximum absolute atomic E-state index is 11.9. The normalized spacial score (nSPS) is 10.4. The van der Waals surface area contributed by atoms with Crippen LogP contribution in [-0.2, 0) is 16.1 Å². The minimum absolute atomic E-state index is 0.0681. The number of hydrogen-bond donors (Lipinski definition) is 2. The fourth-order valence-corrected chi connectivity index (χ4v) is 1.61. The van der Waals surface area contributed by atoms with Gasteiger partial charge < -0.3 is 16.4 Å². The molecule has 0 saturated heterocycles. The molecule has 5 nitrogen and oxygen atoms in total. The third-order valence-electron chi connectivity index (χ3n) is 2.51. The molecule has 18 heavy (non-hydrogen) atoms. The molecule has 0 aliphatic carbocycles. The van der Waals surface area contributed by atoms with Crippen LogP contribution in [0.15, 0.2) is 24.3 Å². The van der Waals surface area contributed by atoms with Gasteiger partial charge in [0.25, 0.3) is 0 Å². The summed E-state index contributed by atoms with van der Waals surface area (Å²) in [5.41, 5.74) is 12.3. The predicted octanol–water partition coefficient (Wildman–Crippen LogP) is 0.739. The summed E-state index contributed by atoms with van der Waals surface area (Å²) in [5, 5.41) is 0. The van der Waals surface area contributed by atoms with Gasteiger partial charge in [-0.2, -0.15) is 0 Å². The zero-order chi connectivity index (χ0) is 13.7. The number of rotatable bonds is 5. The first-order chi connectivity index (χ1) is 8.40. The molecule has 0 spiro atoms. The SMILES string of the molecule is CC(C)C(=O)N(CC(N)=O)Cc1ccc(N)cc1. The molecule has 0 aliphatic rings. The van der Waals surface area contributed by atoms with Gasteiger partial charge in [0.05, 0.1) is 6.54 Å². The van der Waals surface area contributed by atoms with E-state index in [1.165, 1.54) is 4.90 Å². The first kappa shape index (κ1) is 14.0. The fourth-order valence-electron chi connectivity index (χ4n) is 1.61. The minimum atomic E-state index is -0.514. The van der Waals surface area contributed by atoms with E-state index in [1.807, 2.05) is 12.1 Å². The lowest BCUT2D eigenvalue weighted by Gasteiger charge is -2.23. The van der Waals surface area contributed by atoms with Crippen LogP contribution in [0.2, 0.25) is 0 Å². The number of hydrogen-bond acceptors (Lipinski definition) is 3. The molecule has 2 amide bonds. The molecular formula is C13H19N3O2. The van der Waals surface area contributed by atoms with Crippen molar-refractivity contribution >= 4 is 17.5 Å². The summed E-state index contributed by atoms with van der Waals surface area (Å²) in [7, 11) is 0. The van der Waals surface area contributed by atoms with Gasteiger partial charge in [-0.25, -0.2) is 0 Å². The molecule has 4 N–H and O–H groups in total. The fraction of sp³-hybridized carbons (Fsp3) is 0.385. The van der Waals surface area contributed by atoms with Crippen LogP contribution in [0.25, 0.3) is 0 Å². The monoisotopic (exact) mass is 249 g/mol. The van der Waals surface area contributed by atoms with Gasteiger partial charge in [0, 0.05) is 18.2 Å². The van der Waals surface area contributed by atoms with Crippen LogP contribution in [0.1, 0.15) is 19.4 Å². The summed E-state index contributed by atoms with van der Waals surface area (Å²) >= 11 is 0. The highest BCUT2D eigenvalue weighted by atomic mass is 16.2. The number of benzene rings is 1. The molecule has 0 saturated carbocycles. The number of anilines is 1. The Balaban J connectivity index is 2.81. The van der Waals surface area contributed by atoms with Crippen LogP contribution in [0.5, 0.6) is 0 Å². The molecule has 0 bridgehead atoms. The first-order valence-electron chi connectivity index (χ1n) is 5.81. The van der Waals surface area contributed by atoms with Gasteiger partial charge in [-0.3, -0.25) is 9.59 Å². The molecule has 1 rings (SSSR count). The van der Waals surface area contributed by atoms with E-state index in [0.29, 0.717) is 12.2 Å². The maximum atomic E-state index is 11.9. The Kier molecular flexibility index (Phi) is 4.71.